The molecular formula is C19H18N2O4. The molecule has 25 heavy (non-hydrogen) atoms. The largest absolute Gasteiger partial charge is 0.481 e. The number of para-hydroxylation sites is 1. The van der Waals surface area contributed by atoms with Crippen LogP contribution < -0.4 is 0 Å². The lowest BCUT2D eigenvalue weighted by molar-refractivity contribution is -0.137. The summed E-state index contributed by atoms with van der Waals surface area (Å²) in [6.45, 7) is 0. The van der Waals surface area contributed by atoms with Crippen LogP contribution in [0.5, 0.6) is 0 Å². The van der Waals surface area contributed by atoms with E-state index in [1.807, 2.05) is 36.4 Å². The van der Waals surface area contributed by atoms with E-state index < -0.39 is 11.9 Å². The Morgan fingerprint density at radius 3 is 2.56 bits per heavy atom. The Morgan fingerprint density at radius 1 is 1.04 bits per heavy atom. The van der Waals surface area contributed by atoms with Crippen LogP contribution in [0.25, 0.3) is 22.7 Å². The summed E-state index contributed by atoms with van der Waals surface area (Å²) in [5.74, 6) is -1.69. The Hall–Kier alpha value is -3.02. The normalized spacial score (nSPS) is 13.2. The molecular weight excluding hydrogens is 320 g/mol. The van der Waals surface area contributed by atoms with E-state index in [0.29, 0.717) is 41.7 Å². The minimum Gasteiger partial charge on any atom is -0.481 e. The molecule has 1 aromatic heterocycles. The molecule has 0 atom stereocenters. The predicted molar refractivity (Wildman–Crippen MR) is 94.0 cm³/mol. The van der Waals surface area contributed by atoms with Gasteiger partial charge in [-0.25, -0.2) is 9.97 Å². The van der Waals surface area contributed by atoms with Gasteiger partial charge < -0.3 is 10.2 Å². The van der Waals surface area contributed by atoms with Gasteiger partial charge >= 0.3 is 11.9 Å². The summed E-state index contributed by atoms with van der Waals surface area (Å²) in [7, 11) is 0. The number of rotatable bonds is 6. The van der Waals surface area contributed by atoms with Gasteiger partial charge in [-0.2, -0.15) is 0 Å². The van der Waals surface area contributed by atoms with Crippen LogP contribution in [0.4, 0.5) is 0 Å². The summed E-state index contributed by atoms with van der Waals surface area (Å²) < 4.78 is 0. The molecule has 0 fully saturated rings. The SMILES string of the molecule is O=C(O)CCC1=CCC=Cc2nc3c(CCC(=O)O)cccc3nc21. The fourth-order valence-corrected chi connectivity index (χ4v) is 2.89. The molecule has 1 aromatic carbocycles. The molecule has 0 radical (unpaired) electrons. The highest BCUT2D eigenvalue weighted by Gasteiger charge is 2.16. The van der Waals surface area contributed by atoms with Gasteiger partial charge in [0.2, 0.25) is 0 Å². The molecule has 0 aliphatic heterocycles. The molecule has 1 heterocycles. The summed E-state index contributed by atoms with van der Waals surface area (Å²) >= 11 is 0. The van der Waals surface area contributed by atoms with Crippen LogP contribution >= 0.6 is 0 Å². The number of aliphatic carboxylic acids is 2. The van der Waals surface area contributed by atoms with Crippen molar-refractivity contribution in [3.05, 3.63) is 47.3 Å². The van der Waals surface area contributed by atoms with E-state index in [2.05, 4.69) is 0 Å². The Morgan fingerprint density at radius 2 is 1.80 bits per heavy atom. The van der Waals surface area contributed by atoms with Crippen molar-refractivity contribution in [1.82, 2.24) is 9.97 Å². The van der Waals surface area contributed by atoms with Crippen molar-refractivity contribution in [3.8, 4) is 0 Å². The van der Waals surface area contributed by atoms with Crippen LogP contribution in [0.3, 0.4) is 0 Å². The summed E-state index contributed by atoms with van der Waals surface area (Å²) in [6, 6.07) is 5.55. The average Bonchev–Trinajstić information content (AvgIpc) is 2.77. The van der Waals surface area contributed by atoms with E-state index in [4.69, 9.17) is 20.2 Å². The monoisotopic (exact) mass is 338 g/mol. The molecule has 128 valence electrons. The number of aryl methyl sites for hydroxylation is 1. The molecule has 6 nitrogen and oxygen atoms in total. The Labute approximate surface area is 144 Å². The van der Waals surface area contributed by atoms with Crippen LogP contribution in [-0.2, 0) is 16.0 Å². The van der Waals surface area contributed by atoms with Gasteiger partial charge in [0, 0.05) is 12.8 Å². The van der Waals surface area contributed by atoms with Crippen LogP contribution in [0.15, 0.2) is 30.4 Å². The minimum absolute atomic E-state index is 0.0392. The number of hydrogen-bond acceptors (Lipinski definition) is 4. The van der Waals surface area contributed by atoms with Gasteiger partial charge in [0.1, 0.15) is 0 Å². The van der Waals surface area contributed by atoms with E-state index in [0.717, 1.165) is 11.1 Å². The van der Waals surface area contributed by atoms with Crippen LogP contribution in [0, 0.1) is 0 Å². The topological polar surface area (TPSA) is 100 Å². The third-order valence-electron chi connectivity index (χ3n) is 4.10. The van der Waals surface area contributed by atoms with Crippen molar-refractivity contribution in [2.75, 3.05) is 0 Å². The van der Waals surface area contributed by atoms with Crippen LogP contribution in [-0.4, -0.2) is 32.1 Å². The van der Waals surface area contributed by atoms with Crippen molar-refractivity contribution < 1.29 is 19.8 Å². The molecule has 2 aromatic rings. The summed E-state index contributed by atoms with van der Waals surface area (Å²) in [6.07, 6.45) is 7.43. The van der Waals surface area contributed by atoms with Crippen molar-refractivity contribution in [2.45, 2.75) is 32.1 Å². The smallest absolute Gasteiger partial charge is 0.303 e. The van der Waals surface area contributed by atoms with Crippen molar-refractivity contribution in [3.63, 3.8) is 0 Å². The highest BCUT2D eigenvalue weighted by molar-refractivity contribution is 5.84. The number of carbonyl (C=O) groups is 2. The van der Waals surface area contributed by atoms with Crippen molar-refractivity contribution in [2.24, 2.45) is 0 Å². The molecule has 0 spiro atoms. The number of carboxylic acids is 2. The molecule has 0 amide bonds. The Balaban J connectivity index is 2.04. The zero-order valence-electron chi connectivity index (χ0n) is 13.6. The zero-order chi connectivity index (χ0) is 17.8. The second-order valence-electron chi connectivity index (χ2n) is 5.90. The molecule has 3 rings (SSSR count). The lowest BCUT2D eigenvalue weighted by Gasteiger charge is -2.11. The molecule has 0 bridgehead atoms. The lowest BCUT2D eigenvalue weighted by atomic mass is 10.0. The summed E-state index contributed by atoms with van der Waals surface area (Å²) in [4.78, 5) is 31.2. The van der Waals surface area contributed by atoms with Crippen LogP contribution in [0.2, 0.25) is 0 Å². The van der Waals surface area contributed by atoms with E-state index >= 15 is 0 Å². The third-order valence-corrected chi connectivity index (χ3v) is 4.10. The molecule has 0 saturated heterocycles. The maximum absolute atomic E-state index is 10.9. The number of aromatic nitrogens is 2. The molecule has 1 aliphatic rings. The Kier molecular flexibility index (Phi) is 4.88. The maximum Gasteiger partial charge on any atom is 0.303 e. The predicted octanol–water partition coefficient (Wildman–Crippen LogP) is 3.31. The second kappa shape index (κ2) is 7.25. The van der Waals surface area contributed by atoms with Gasteiger partial charge in [-0.05, 0) is 42.5 Å². The van der Waals surface area contributed by atoms with Gasteiger partial charge in [0.15, 0.2) is 0 Å². The van der Waals surface area contributed by atoms with Gasteiger partial charge in [-0.1, -0.05) is 24.3 Å². The first-order chi connectivity index (χ1) is 12.0. The van der Waals surface area contributed by atoms with Gasteiger partial charge in [-0.15, -0.1) is 0 Å². The van der Waals surface area contributed by atoms with Gasteiger partial charge in [-0.3, -0.25) is 9.59 Å². The molecule has 1 aliphatic carbocycles. The number of hydrogen-bond donors (Lipinski definition) is 2. The van der Waals surface area contributed by atoms with E-state index in [-0.39, 0.29) is 12.8 Å². The second-order valence-corrected chi connectivity index (χ2v) is 5.90. The summed E-state index contributed by atoms with van der Waals surface area (Å²) in [5.41, 5.74) is 4.53. The standard InChI is InChI=1S/C19H18N2O4/c22-16(23)10-8-12-4-1-2-6-14-18(12)21-15-7-3-5-13(19(15)20-14)9-11-17(24)25/h2-7H,1,8-11H2,(H,22,23)(H,24,25). The van der Waals surface area contributed by atoms with Crippen molar-refractivity contribution in [1.29, 1.82) is 0 Å². The molecule has 2 N–H and O–H groups in total. The Bertz CT molecular complexity index is 900. The average molecular weight is 338 g/mol. The minimum atomic E-state index is -0.849. The first-order valence-electron chi connectivity index (χ1n) is 8.14. The lowest BCUT2D eigenvalue weighted by Crippen LogP contribution is -2.03. The van der Waals surface area contributed by atoms with Crippen LogP contribution in [0.1, 0.15) is 42.6 Å². The van der Waals surface area contributed by atoms with E-state index in [9.17, 15) is 9.59 Å². The molecule has 6 heteroatoms. The fourth-order valence-electron chi connectivity index (χ4n) is 2.89. The highest BCUT2D eigenvalue weighted by Crippen LogP contribution is 2.28. The van der Waals surface area contributed by atoms with Crippen molar-refractivity contribution >= 4 is 34.6 Å². The quantitative estimate of drug-likeness (QED) is 0.838. The maximum atomic E-state index is 10.9. The van der Waals surface area contributed by atoms with Gasteiger partial charge in [0.25, 0.3) is 0 Å². The zero-order valence-corrected chi connectivity index (χ0v) is 13.6. The van der Waals surface area contributed by atoms with E-state index in [1.165, 1.54) is 0 Å². The third kappa shape index (κ3) is 3.91. The summed E-state index contributed by atoms with van der Waals surface area (Å²) in [5, 5.41) is 17.9. The number of benzene rings is 1. The molecule has 0 saturated carbocycles. The number of allylic oxidation sites excluding steroid dienone is 3. The fraction of sp³-hybridized carbons (Fsp3) is 0.263. The first kappa shape index (κ1) is 16.8. The number of nitrogens with zero attached hydrogens (tertiary/aromatic N) is 2. The molecule has 0 unspecified atom stereocenters. The number of fused-ring (bicyclic) bond motifs is 2. The van der Waals surface area contributed by atoms with E-state index in [1.54, 1.807) is 0 Å². The first-order valence-corrected chi connectivity index (χ1v) is 8.14. The van der Waals surface area contributed by atoms with Gasteiger partial charge in [0.05, 0.1) is 22.4 Å². The highest BCUT2D eigenvalue weighted by atomic mass is 16.4. The number of carboxylic acid groups (broad SMARTS) is 2.